The second-order valence-corrected chi connectivity index (χ2v) is 5.75. The van der Waals surface area contributed by atoms with Gasteiger partial charge in [0.05, 0.1) is 17.1 Å². The number of amides is 1. The zero-order valence-electron chi connectivity index (χ0n) is 12.6. The first-order chi connectivity index (χ1) is 11.3. The Bertz CT molecular complexity index is 777. The number of carbonyl (C=O) groups is 1. The normalized spacial score (nSPS) is 18.4. The molecule has 1 N–H and O–H groups in total. The lowest BCUT2D eigenvalue weighted by Crippen LogP contribution is -2.40. The van der Waals surface area contributed by atoms with Gasteiger partial charge in [0.15, 0.2) is 0 Å². The highest BCUT2D eigenvalue weighted by molar-refractivity contribution is 5.77. The Morgan fingerprint density at radius 1 is 1.30 bits per heavy atom. The number of nitrogens with zero attached hydrogens (tertiary/aromatic N) is 6. The molecule has 3 heterocycles. The third kappa shape index (κ3) is 2.67. The molecular weight excluding hydrogens is 294 g/mol. The summed E-state index contributed by atoms with van der Waals surface area (Å²) in [4.78, 5) is 22.6. The first-order valence-electron chi connectivity index (χ1n) is 7.76. The van der Waals surface area contributed by atoms with Gasteiger partial charge in [-0.15, -0.1) is 5.10 Å². The van der Waals surface area contributed by atoms with E-state index < -0.39 is 0 Å². The molecule has 1 aromatic carbocycles. The highest BCUT2D eigenvalue weighted by atomic mass is 16.2. The van der Waals surface area contributed by atoms with Gasteiger partial charge in [0, 0.05) is 6.54 Å². The smallest absolute Gasteiger partial charge is 0.245 e. The number of hydrogen-bond donors (Lipinski definition) is 1. The van der Waals surface area contributed by atoms with Crippen molar-refractivity contribution in [2.75, 3.05) is 6.54 Å². The molecule has 1 unspecified atom stereocenters. The van der Waals surface area contributed by atoms with Crippen molar-refractivity contribution in [1.29, 1.82) is 0 Å². The number of hydrogen-bond acceptors (Lipinski definition) is 5. The minimum Gasteiger partial charge on any atom is -0.340 e. The Hall–Kier alpha value is -2.77. The molecule has 0 saturated carbocycles. The molecular formula is C15H17N7O. The molecule has 8 nitrogen and oxygen atoms in total. The summed E-state index contributed by atoms with van der Waals surface area (Å²) in [6.45, 7) is 0.895. The van der Waals surface area contributed by atoms with E-state index in [1.165, 1.54) is 11.0 Å². The molecule has 3 aromatic rings. The molecule has 1 atom stereocenters. The molecule has 8 heteroatoms. The zero-order valence-corrected chi connectivity index (χ0v) is 12.6. The molecule has 0 bridgehead atoms. The van der Waals surface area contributed by atoms with Crippen LogP contribution in [-0.2, 0) is 11.3 Å². The van der Waals surface area contributed by atoms with E-state index in [1.54, 1.807) is 0 Å². The van der Waals surface area contributed by atoms with Crippen LogP contribution < -0.4 is 0 Å². The standard InChI is InChI=1S/C15H17N7O/c23-14(9-21-10-16-19-20-21)22-8-4-3-7-13(22)15-17-11-5-1-2-6-12(11)18-15/h1-2,5-6,10,13H,3-4,7-9H2,(H,17,18). The Morgan fingerprint density at radius 3 is 3.04 bits per heavy atom. The number of tetrazole rings is 1. The van der Waals surface area contributed by atoms with Gasteiger partial charge in [-0.25, -0.2) is 9.67 Å². The van der Waals surface area contributed by atoms with Crippen LogP contribution in [0, 0.1) is 0 Å². The van der Waals surface area contributed by atoms with Crippen molar-refractivity contribution in [2.45, 2.75) is 31.8 Å². The molecule has 0 aliphatic carbocycles. The second-order valence-electron chi connectivity index (χ2n) is 5.75. The summed E-state index contributed by atoms with van der Waals surface area (Å²) in [6, 6.07) is 7.91. The lowest BCUT2D eigenvalue weighted by molar-refractivity contribution is -0.136. The summed E-state index contributed by atoms with van der Waals surface area (Å²) >= 11 is 0. The first-order valence-corrected chi connectivity index (χ1v) is 7.76. The number of aromatic nitrogens is 6. The van der Waals surface area contributed by atoms with Crippen LogP contribution >= 0.6 is 0 Å². The average molecular weight is 311 g/mol. The van der Waals surface area contributed by atoms with E-state index in [4.69, 9.17) is 0 Å². The monoisotopic (exact) mass is 311 g/mol. The number of aromatic amines is 1. The van der Waals surface area contributed by atoms with Gasteiger partial charge in [0.2, 0.25) is 5.91 Å². The molecule has 1 aliphatic heterocycles. The molecule has 4 rings (SSSR count). The summed E-state index contributed by atoms with van der Waals surface area (Å²) in [6.07, 6.45) is 4.48. The van der Waals surface area contributed by atoms with E-state index in [0.717, 1.165) is 42.7 Å². The van der Waals surface area contributed by atoms with Crippen LogP contribution in [0.25, 0.3) is 11.0 Å². The number of carbonyl (C=O) groups excluding carboxylic acids is 1. The number of imidazole rings is 1. The predicted molar refractivity (Wildman–Crippen MR) is 82.2 cm³/mol. The van der Waals surface area contributed by atoms with Crippen LogP contribution in [-0.4, -0.2) is 47.5 Å². The molecule has 2 aromatic heterocycles. The Balaban J connectivity index is 1.60. The number of likely N-dealkylation sites (tertiary alicyclic amines) is 1. The van der Waals surface area contributed by atoms with Gasteiger partial charge in [-0.1, -0.05) is 12.1 Å². The van der Waals surface area contributed by atoms with Gasteiger partial charge in [-0.3, -0.25) is 4.79 Å². The van der Waals surface area contributed by atoms with E-state index in [0.29, 0.717) is 0 Å². The second kappa shape index (κ2) is 5.79. The number of benzene rings is 1. The maximum absolute atomic E-state index is 12.6. The highest BCUT2D eigenvalue weighted by Crippen LogP contribution is 2.30. The summed E-state index contributed by atoms with van der Waals surface area (Å²) in [5, 5.41) is 10.9. The van der Waals surface area contributed by atoms with Crippen LogP contribution in [0.1, 0.15) is 31.1 Å². The number of H-pyrrole nitrogens is 1. The lowest BCUT2D eigenvalue weighted by atomic mass is 10.0. The number of rotatable bonds is 3. The summed E-state index contributed by atoms with van der Waals surface area (Å²) in [5.74, 6) is 0.874. The van der Waals surface area contributed by atoms with Crippen LogP contribution in [0.4, 0.5) is 0 Å². The quantitative estimate of drug-likeness (QED) is 0.787. The minimum atomic E-state index is -0.0138. The molecule has 0 spiro atoms. The summed E-state index contributed by atoms with van der Waals surface area (Å²) in [7, 11) is 0. The van der Waals surface area contributed by atoms with E-state index in [-0.39, 0.29) is 18.5 Å². The summed E-state index contributed by atoms with van der Waals surface area (Å²) < 4.78 is 1.45. The van der Waals surface area contributed by atoms with E-state index in [9.17, 15) is 4.79 Å². The fraction of sp³-hybridized carbons (Fsp3) is 0.400. The van der Waals surface area contributed by atoms with Crippen molar-refractivity contribution in [3.05, 3.63) is 36.4 Å². The molecule has 1 aliphatic rings. The third-order valence-corrected chi connectivity index (χ3v) is 4.24. The first kappa shape index (κ1) is 13.9. The summed E-state index contributed by atoms with van der Waals surface area (Å²) in [5.41, 5.74) is 1.93. The zero-order chi connectivity index (χ0) is 15.6. The minimum absolute atomic E-state index is 0.0138. The van der Waals surface area contributed by atoms with Gasteiger partial charge >= 0.3 is 0 Å². The van der Waals surface area contributed by atoms with Crippen molar-refractivity contribution in [1.82, 2.24) is 35.1 Å². The van der Waals surface area contributed by atoms with E-state index >= 15 is 0 Å². The molecule has 23 heavy (non-hydrogen) atoms. The largest absolute Gasteiger partial charge is 0.340 e. The van der Waals surface area contributed by atoms with Crippen molar-refractivity contribution < 1.29 is 4.79 Å². The van der Waals surface area contributed by atoms with Gasteiger partial charge in [0.1, 0.15) is 18.7 Å². The van der Waals surface area contributed by atoms with Crippen LogP contribution in [0.15, 0.2) is 30.6 Å². The maximum Gasteiger partial charge on any atom is 0.245 e. The van der Waals surface area contributed by atoms with Crippen molar-refractivity contribution >= 4 is 16.9 Å². The van der Waals surface area contributed by atoms with Crippen LogP contribution in [0.5, 0.6) is 0 Å². The third-order valence-electron chi connectivity index (χ3n) is 4.24. The van der Waals surface area contributed by atoms with Crippen LogP contribution in [0.2, 0.25) is 0 Å². The average Bonchev–Trinajstić information content (AvgIpc) is 3.23. The van der Waals surface area contributed by atoms with E-state index in [2.05, 4.69) is 25.5 Å². The highest BCUT2D eigenvalue weighted by Gasteiger charge is 2.30. The number of fused-ring (bicyclic) bond motifs is 1. The Labute approximate surface area is 132 Å². The van der Waals surface area contributed by atoms with Crippen molar-refractivity contribution in [3.8, 4) is 0 Å². The predicted octanol–water partition coefficient (Wildman–Crippen LogP) is 1.30. The Kier molecular flexibility index (Phi) is 3.49. The SMILES string of the molecule is O=C(Cn1cnnn1)N1CCCCC1c1nc2ccccc2[nH]1. The maximum atomic E-state index is 12.6. The molecule has 118 valence electrons. The number of piperidine rings is 1. The number of nitrogens with one attached hydrogen (secondary N) is 1. The van der Waals surface area contributed by atoms with Crippen molar-refractivity contribution in [2.24, 2.45) is 0 Å². The Morgan fingerprint density at radius 2 is 2.22 bits per heavy atom. The molecule has 1 fully saturated rings. The van der Waals surface area contributed by atoms with Gasteiger partial charge in [-0.2, -0.15) is 0 Å². The topological polar surface area (TPSA) is 92.6 Å². The molecule has 1 saturated heterocycles. The van der Waals surface area contributed by atoms with Gasteiger partial charge in [0.25, 0.3) is 0 Å². The molecule has 1 amide bonds. The van der Waals surface area contributed by atoms with Gasteiger partial charge in [-0.05, 0) is 41.8 Å². The number of para-hydroxylation sites is 2. The van der Waals surface area contributed by atoms with Crippen molar-refractivity contribution in [3.63, 3.8) is 0 Å². The van der Waals surface area contributed by atoms with Gasteiger partial charge < -0.3 is 9.88 Å². The fourth-order valence-electron chi connectivity index (χ4n) is 3.13. The lowest BCUT2D eigenvalue weighted by Gasteiger charge is -2.34. The molecule has 0 radical (unpaired) electrons. The van der Waals surface area contributed by atoms with Crippen LogP contribution in [0.3, 0.4) is 0 Å². The fourth-order valence-corrected chi connectivity index (χ4v) is 3.13. The van der Waals surface area contributed by atoms with E-state index in [1.807, 2.05) is 29.2 Å².